The van der Waals surface area contributed by atoms with E-state index < -0.39 is 35.7 Å². The molecule has 7 heteroatoms. The number of likely N-dealkylation sites (tertiary alicyclic amines) is 1. The smallest absolute Gasteiger partial charge is 0.411 e. The lowest BCUT2D eigenvalue weighted by molar-refractivity contribution is -0.147. The van der Waals surface area contributed by atoms with Gasteiger partial charge in [-0.3, -0.25) is 14.5 Å². The Morgan fingerprint density at radius 3 is 2.38 bits per heavy atom. The molecular formula is C14H23NO6. The minimum atomic E-state index is -1.04. The molecule has 0 spiro atoms. The van der Waals surface area contributed by atoms with E-state index in [1.165, 1.54) is 18.9 Å². The summed E-state index contributed by atoms with van der Waals surface area (Å²) < 4.78 is 10.5. The highest BCUT2D eigenvalue weighted by atomic mass is 16.6. The molecule has 0 aromatic heterocycles. The third-order valence-electron chi connectivity index (χ3n) is 3.35. The van der Waals surface area contributed by atoms with Gasteiger partial charge >= 0.3 is 12.1 Å². The Balaban J connectivity index is 2.94. The molecule has 3 atom stereocenters. The first kappa shape index (κ1) is 17.4. The number of ketones is 1. The Morgan fingerprint density at radius 1 is 1.38 bits per heavy atom. The summed E-state index contributed by atoms with van der Waals surface area (Å²) in [4.78, 5) is 36.3. The third kappa shape index (κ3) is 4.42. The lowest BCUT2D eigenvalue weighted by atomic mass is 9.96. The molecule has 21 heavy (non-hydrogen) atoms. The quantitative estimate of drug-likeness (QED) is 0.841. The van der Waals surface area contributed by atoms with Gasteiger partial charge in [-0.2, -0.15) is 0 Å². The van der Waals surface area contributed by atoms with Gasteiger partial charge in [-0.05, 0) is 27.7 Å². The number of carboxylic acid groups (broad SMARTS) is 1. The summed E-state index contributed by atoms with van der Waals surface area (Å²) in [6.07, 6.45) is -1.31. The monoisotopic (exact) mass is 301 g/mol. The molecule has 0 radical (unpaired) electrons. The summed E-state index contributed by atoms with van der Waals surface area (Å²) in [7, 11) is 1.38. The lowest BCUT2D eigenvalue weighted by Crippen LogP contribution is -2.49. The predicted octanol–water partition coefficient (Wildman–Crippen LogP) is 1.30. The van der Waals surface area contributed by atoms with Crippen molar-refractivity contribution in [3.8, 4) is 0 Å². The van der Waals surface area contributed by atoms with Crippen LogP contribution in [0.25, 0.3) is 0 Å². The topological polar surface area (TPSA) is 93.1 Å². The Kier molecular flexibility index (Phi) is 5.33. The van der Waals surface area contributed by atoms with Gasteiger partial charge in [0.15, 0.2) is 5.78 Å². The van der Waals surface area contributed by atoms with Gasteiger partial charge in [0.05, 0.1) is 24.6 Å². The zero-order valence-corrected chi connectivity index (χ0v) is 13.1. The molecule has 1 fully saturated rings. The largest absolute Gasteiger partial charge is 0.481 e. The first-order chi connectivity index (χ1) is 9.56. The maximum Gasteiger partial charge on any atom is 0.411 e. The van der Waals surface area contributed by atoms with Crippen LogP contribution in [0.15, 0.2) is 0 Å². The number of carbonyl (C=O) groups is 3. The number of carbonyl (C=O) groups excluding carboxylic acids is 2. The number of methoxy groups -OCH3 is 1. The van der Waals surface area contributed by atoms with Crippen LogP contribution < -0.4 is 0 Å². The van der Waals surface area contributed by atoms with Gasteiger partial charge < -0.3 is 14.6 Å². The van der Waals surface area contributed by atoms with E-state index in [0.717, 1.165) is 0 Å². The predicted molar refractivity (Wildman–Crippen MR) is 73.9 cm³/mol. The van der Waals surface area contributed by atoms with Crippen molar-refractivity contribution in [3.63, 3.8) is 0 Å². The van der Waals surface area contributed by atoms with Gasteiger partial charge in [0, 0.05) is 13.5 Å². The zero-order chi connectivity index (χ0) is 16.4. The van der Waals surface area contributed by atoms with Crippen molar-refractivity contribution in [2.45, 2.75) is 51.9 Å². The number of amides is 1. The second-order valence-electron chi connectivity index (χ2n) is 6.25. The van der Waals surface area contributed by atoms with Gasteiger partial charge in [-0.15, -0.1) is 0 Å². The van der Waals surface area contributed by atoms with Crippen LogP contribution >= 0.6 is 0 Å². The van der Waals surface area contributed by atoms with Gasteiger partial charge in [0.2, 0.25) is 0 Å². The molecule has 1 aliphatic rings. The van der Waals surface area contributed by atoms with E-state index in [2.05, 4.69) is 0 Å². The average molecular weight is 301 g/mol. The van der Waals surface area contributed by atoms with Crippen molar-refractivity contribution in [1.82, 2.24) is 4.90 Å². The van der Waals surface area contributed by atoms with Crippen LogP contribution in [0.3, 0.4) is 0 Å². The van der Waals surface area contributed by atoms with Crippen LogP contribution in [-0.4, -0.2) is 59.3 Å². The van der Waals surface area contributed by atoms with Gasteiger partial charge in [0.25, 0.3) is 0 Å². The van der Waals surface area contributed by atoms with E-state index in [1.54, 1.807) is 20.8 Å². The molecule has 0 aromatic carbocycles. The zero-order valence-electron chi connectivity index (χ0n) is 13.1. The maximum atomic E-state index is 12.2. The van der Waals surface area contributed by atoms with Crippen molar-refractivity contribution in [2.75, 3.05) is 13.7 Å². The number of carboxylic acids is 1. The van der Waals surface area contributed by atoms with Crippen molar-refractivity contribution >= 4 is 17.8 Å². The van der Waals surface area contributed by atoms with Crippen LogP contribution in [0.1, 0.15) is 34.1 Å². The second-order valence-corrected chi connectivity index (χ2v) is 6.25. The molecule has 0 aromatic rings. The van der Waals surface area contributed by atoms with Crippen LogP contribution in [-0.2, 0) is 19.1 Å². The van der Waals surface area contributed by atoms with Gasteiger partial charge in [-0.25, -0.2) is 4.79 Å². The van der Waals surface area contributed by atoms with Crippen LogP contribution in [0.4, 0.5) is 4.79 Å². The summed E-state index contributed by atoms with van der Waals surface area (Å²) in [5.74, 6) is -2.01. The number of Topliss-reactive ketones (excluding diaryl/α,β-unsaturated/α-hetero) is 1. The molecular weight excluding hydrogens is 278 g/mol. The summed E-state index contributed by atoms with van der Waals surface area (Å²) in [5, 5.41) is 9.12. The fourth-order valence-electron chi connectivity index (χ4n) is 2.36. The van der Waals surface area contributed by atoms with E-state index in [-0.39, 0.29) is 18.7 Å². The van der Waals surface area contributed by atoms with Crippen molar-refractivity contribution < 1.29 is 29.0 Å². The molecule has 1 unspecified atom stereocenters. The SMILES string of the molecule is CO[C@@H](C1CC(=O)CN1C(=O)OC(C)(C)C)[C@@H](C)C(=O)O. The number of aliphatic carboxylic acids is 1. The van der Waals surface area contributed by atoms with E-state index in [0.29, 0.717) is 0 Å². The number of hydrogen-bond donors (Lipinski definition) is 1. The fraction of sp³-hybridized carbons (Fsp3) is 0.786. The number of nitrogens with zero attached hydrogens (tertiary/aromatic N) is 1. The summed E-state index contributed by atoms with van der Waals surface area (Å²) >= 11 is 0. The molecule has 1 heterocycles. The van der Waals surface area contributed by atoms with Gasteiger partial charge in [0.1, 0.15) is 5.60 Å². The van der Waals surface area contributed by atoms with Crippen LogP contribution in [0, 0.1) is 5.92 Å². The highest BCUT2D eigenvalue weighted by Gasteiger charge is 2.44. The number of hydrogen-bond acceptors (Lipinski definition) is 5. The van der Waals surface area contributed by atoms with Crippen molar-refractivity contribution in [2.24, 2.45) is 5.92 Å². The maximum absolute atomic E-state index is 12.2. The second kappa shape index (κ2) is 6.43. The van der Waals surface area contributed by atoms with E-state index in [1.807, 2.05) is 0 Å². The fourth-order valence-corrected chi connectivity index (χ4v) is 2.36. The van der Waals surface area contributed by atoms with E-state index >= 15 is 0 Å². The molecule has 1 saturated heterocycles. The first-order valence-electron chi connectivity index (χ1n) is 6.83. The molecule has 1 N–H and O–H groups in total. The van der Waals surface area contributed by atoms with Gasteiger partial charge in [-0.1, -0.05) is 0 Å². The number of ether oxygens (including phenoxy) is 2. The number of rotatable bonds is 4. The molecule has 120 valence electrons. The molecule has 1 amide bonds. The average Bonchev–Trinajstić information content (AvgIpc) is 2.70. The van der Waals surface area contributed by atoms with Crippen LogP contribution in [0.2, 0.25) is 0 Å². The molecule has 7 nitrogen and oxygen atoms in total. The Labute approximate surface area is 124 Å². The summed E-state index contributed by atoms with van der Waals surface area (Å²) in [6.45, 7) is 6.60. The van der Waals surface area contributed by atoms with Crippen molar-refractivity contribution in [3.05, 3.63) is 0 Å². The third-order valence-corrected chi connectivity index (χ3v) is 3.35. The molecule has 0 saturated carbocycles. The molecule has 0 aliphatic carbocycles. The molecule has 1 aliphatic heterocycles. The Morgan fingerprint density at radius 2 is 1.95 bits per heavy atom. The summed E-state index contributed by atoms with van der Waals surface area (Å²) in [5.41, 5.74) is -0.686. The molecule has 1 rings (SSSR count). The van der Waals surface area contributed by atoms with E-state index in [9.17, 15) is 14.4 Å². The highest BCUT2D eigenvalue weighted by Crippen LogP contribution is 2.26. The standard InChI is InChI=1S/C14H23NO6/c1-8(12(17)18)11(20-5)10-6-9(16)7-15(10)13(19)21-14(2,3)4/h8,10-11H,6-7H2,1-5H3,(H,17,18)/t8-,10?,11-/m1/s1. The molecule has 0 bridgehead atoms. The van der Waals surface area contributed by atoms with Crippen molar-refractivity contribution in [1.29, 1.82) is 0 Å². The highest BCUT2D eigenvalue weighted by molar-refractivity contribution is 5.88. The Hall–Kier alpha value is -1.63. The Bertz CT molecular complexity index is 428. The summed E-state index contributed by atoms with van der Waals surface area (Å²) in [6, 6.07) is -0.622. The van der Waals surface area contributed by atoms with E-state index in [4.69, 9.17) is 14.6 Å². The minimum Gasteiger partial charge on any atom is -0.481 e. The minimum absolute atomic E-state index is 0.0776. The van der Waals surface area contributed by atoms with Crippen LogP contribution in [0.5, 0.6) is 0 Å². The lowest BCUT2D eigenvalue weighted by Gasteiger charge is -2.33. The normalized spacial score (nSPS) is 22.0. The first-order valence-corrected chi connectivity index (χ1v) is 6.83.